The molecule has 1 saturated heterocycles. The third kappa shape index (κ3) is 3.01. The molecule has 1 saturated carbocycles. The van der Waals surface area contributed by atoms with E-state index in [0.29, 0.717) is 23.8 Å². The zero-order valence-electron chi connectivity index (χ0n) is 11.2. The first kappa shape index (κ1) is 12.9. The van der Waals surface area contributed by atoms with Gasteiger partial charge < -0.3 is 10.2 Å². The summed E-state index contributed by atoms with van der Waals surface area (Å²) in [6.07, 6.45) is 5.97. The third-order valence-electron chi connectivity index (χ3n) is 4.40. The van der Waals surface area contributed by atoms with Crippen molar-refractivity contribution in [1.82, 2.24) is 10.2 Å². The molecule has 3 heteroatoms. The van der Waals surface area contributed by atoms with E-state index < -0.39 is 0 Å². The third-order valence-corrected chi connectivity index (χ3v) is 4.40. The number of likely N-dealkylation sites (tertiary alicyclic amines) is 1. The van der Waals surface area contributed by atoms with E-state index in [-0.39, 0.29) is 0 Å². The lowest BCUT2D eigenvalue weighted by molar-refractivity contribution is -0.137. The summed E-state index contributed by atoms with van der Waals surface area (Å²) in [5.41, 5.74) is 0. The lowest BCUT2D eigenvalue weighted by atomic mass is 9.95. The Bertz CT molecular complexity index is 265. The fraction of sp³-hybridized carbons (Fsp3) is 0.929. The Labute approximate surface area is 105 Å². The monoisotopic (exact) mass is 238 g/mol. The van der Waals surface area contributed by atoms with Crippen molar-refractivity contribution >= 4 is 5.91 Å². The first-order chi connectivity index (χ1) is 8.22. The molecule has 1 aliphatic heterocycles. The van der Waals surface area contributed by atoms with Gasteiger partial charge in [0, 0.05) is 25.0 Å². The van der Waals surface area contributed by atoms with E-state index in [1.54, 1.807) is 0 Å². The summed E-state index contributed by atoms with van der Waals surface area (Å²) in [5.74, 6) is 1.34. The number of carbonyl (C=O) groups is 1. The normalized spacial score (nSPS) is 34.0. The minimum atomic E-state index is 0.315. The highest BCUT2D eigenvalue weighted by atomic mass is 16.2. The molecule has 3 nitrogen and oxygen atoms in total. The second kappa shape index (κ2) is 5.85. The van der Waals surface area contributed by atoms with E-state index in [1.807, 2.05) is 0 Å². The van der Waals surface area contributed by atoms with Crippen molar-refractivity contribution in [2.75, 3.05) is 19.6 Å². The van der Waals surface area contributed by atoms with Crippen LogP contribution < -0.4 is 5.32 Å². The Hall–Kier alpha value is -0.570. The van der Waals surface area contributed by atoms with Crippen LogP contribution in [-0.2, 0) is 4.79 Å². The molecule has 3 atom stereocenters. The maximum Gasteiger partial charge on any atom is 0.226 e. The Balaban J connectivity index is 1.90. The van der Waals surface area contributed by atoms with Crippen LogP contribution in [0.5, 0.6) is 0 Å². The molecule has 0 bridgehead atoms. The van der Waals surface area contributed by atoms with Crippen molar-refractivity contribution in [2.45, 2.75) is 52.0 Å². The molecular weight excluding hydrogens is 212 g/mol. The highest BCUT2D eigenvalue weighted by molar-refractivity contribution is 5.79. The Morgan fingerprint density at radius 1 is 1.29 bits per heavy atom. The Kier molecular flexibility index (Phi) is 4.43. The van der Waals surface area contributed by atoms with Crippen LogP contribution in [0.15, 0.2) is 0 Å². The van der Waals surface area contributed by atoms with Gasteiger partial charge in [-0.1, -0.05) is 20.3 Å². The van der Waals surface area contributed by atoms with Crippen LogP contribution in [-0.4, -0.2) is 36.5 Å². The highest BCUT2D eigenvalue weighted by Crippen LogP contribution is 2.33. The van der Waals surface area contributed by atoms with Gasteiger partial charge in [-0.05, 0) is 38.1 Å². The zero-order chi connectivity index (χ0) is 12.3. The number of piperidine rings is 1. The fourth-order valence-corrected chi connectivity index (χ4v) is 3.38. The second-order valence-corrected chi connectivity index (χ2v) is 5.70. The molecule has 98 valence electrons. The number of nitrogens with zero attached hydrogens (tertiary/aromatic N) is 1. The molecule has 1 amide bonds. The van der Waals surface area contributed by atoms with Gasteiger partial charge in [-0.25, -0.2) is 0 Å². The molecular formula is C14H26N2O. The lowest BCUT2D eigenvalue weighted by Crippen LogP contribution is -2.49. The maximum absolute atomic E-state index is 12.5. The Morgan fingerprint density at radius 2 is 2.12 bits per heavy atom. The van der Waals surface area contributed by atoms with Gasteiger partial charge in [0.05, 0.1) is 0 Å². The SMILES string of the molecule is CCNC1CCCN(C(=O)C2CCCC2C)C1. The van der Waals surface area contributed by atoms with E-state index in [9.17, 15) is 4.79 Å². The summed E-state index contributed by atoms with van der Waals surface area (Å²) in [5, 5.41) is 3.48. The van der Waals surface area contributed by atoms with Crippen LogP contribution in [0.25, 0.3) is 0 Å². The van der Waals surface area contributed by atoms with Crippen molar-refractivity contribution in [3.63, 3.8) is 0 Å². The number of nitrogens with one attached hydrogen (secondary N) is 1. The predicted molar refractivity (Wildman–Crippen MR) is 69.8 cm³/mol. The lowest BCUT2D eigenvalue weighted by Gasteiger charge is -2.35. The van der Waals surface area contributed by atoms with Gasteiger partial charge in [0.25, 0.3) is 0 Å². The predicted octanol–water partition coefficient (Wildman–Crippen LogP) is 2.02. The van der Waals surface area contributed by atoms with Gasteiger partial charge >= 0.3 is 0 Å². The molecule has 0 radical (unpaired) electrons. The zero-order valence-corrected chi connectivity index (χ0v) is 11.2. The van der Waals surface area contributed by atoms with Crippen LogP contribution in [0.2, 0.25) is 0 Å². The maximum atomic E-state index is 12.5. The molecule has 0 aromatic carbocycles. The molecule has 2 rings (SSSR count). The second-order valence-electron chi connectivity index (χ2n) is 5.70. The van der Waals surface area contributed by atoms with Crippen LogP contribution in [0.4, 0.5) is 0 Å². The first-order valence-electron chi connectivity index (χ1n) is 7.24. The quantitative estimate of drug-likeness (QED) is 0.816. The molecule has 0 spiro atoms. The van der Waals surface area contributed by atoms with Crippen LogP contribution in [0.3, 0.4) is 0 Å². The highest BCUT2D eigenvalue weighted by Gasteiger charge is 2.34. The van der Waals surface area contributed by atoms with Gasteiger partial charge in [0.15, 0.2) is 0 Å². The van der Waals surface area contributed by atoms with Gasteiger partial charge in [0.1, 0.15) is 0 Å². The number of hydrogen-bond acceptors (Lipinski definition) is 2. The number of amides is 1. The average molecular weight is 238 g/mol. The first-order valence-corrected chi connectivity index (χ1v) is 7.24. The average Bonchev–Trinajstić information content (AvgIpc) is 2.75. The molecule has 1 heterocycles. The van der Waals surface area contributed by atoms with Crippen LogP contribution in [0.1, 0.15) is 46.0 Å². The van der Waals surface area contributed by atoms with Crippen molar-refractivity contribution in [2.24, 2.45) is 11.8 Å². The van der Waals surface area contributed by atoms with Crippen molar-refractivity contribution in [3.8, 4) is 0 Å². The fourth-order valence-electron chi connectivity index (χ4n) is 3.38. The van der Waals surface area contributed by atoms with Gasteiger partial charge in [-0.3, -0.25) is 4.79 Å². The van der Waals surface area contributed by atoms with E-state index >= 15 is 0 Å². The number of likely N-dealkylation sites (N-methyl/N-ethyl adjacent to an activating group) is 1. The van der Waals surface area contributed by atoms with Crippen molar-refractivity contribution < 1.29 is 4.79 Å². The summed E-state index contributed by atoms with van der Waals surface area (Å²) in [4.78, 5) is 14.6. The number of rotatable bonds is 3. The molecule has 2 aliphatic rings. The van der Waals surface area contributed by atoms with E-state index in [4.69, 9.17) is 0 Å². The van der Waals surface area contributed by atoms with Gasteiger partial charge in [-0.15, -0.1) is 0 Å². The van der Waals surface area contributed by atoms with Crippen molar-refractivity contribution in [1.29, 1.82) is 0 Å². The Morgan fingerprint density at radius 3 is 2.76 bits per heavy atom. The van der Waals surface area contributed by atoms with Crippen LogP contribution in [0, 0.1) is 11.8 Å². The summed E-state index contributed by atoms with van der Waals surface area (Å²) in [6.45, 7) is 7.29. The molecule has 2 fully saturated rings. The van der Waals surface area contributed by atoms with E-state index in [1.165, 1.54) is 19.3 Å². The largest absolute Gasteiger partial charge is 0.341 e. The molecule has 17 heavy (non-hydrogen) atoms. The topological polar surface area (TPSA) is 32.3 Å². The number of carbonyl (C=O) groups excluding carboxylic acids is 1. The smallest absolute Gasteiger partial charge is 0.226 e. The number of hydrogen-bond donors (Lipinski definition) is 1. The van der Waals surface area contributed by atoms with E-state index in [0.717, 1.165) is 32.5 Å². The van der Waals surface area contributed by atoms with E-state index in [2.05, 4.69) is 24.1 Å². The standard InChI is InChI=1S/C14H26N2O/c1-3-15-12-7-5-9-16(10-12)14(17)13-8-4-6-11(13)2/h11-13,15H,3-10H2,1-2H3. The minimum absolute atomic E-state index is 0.315. The summed E-state index contributed by atoms with van der Waals surface area (Å²) in [6, 6.07) is 0.523. The van der Waals surface area contributed by atoms with Gasteiger partial charge in [0.2, 0.25) is 5.91 Å². The van der Waals surface area contributed by atoms with Crippen LogP contribution >= 0.6 is 0 Å². The molecule has 3 unspecified atom stereocenters. The summed E-state index contributed by atoms with van der Waals surface area (Å²) < 4.78 is 0. The van der Waals surface area contributed by atoms with Gasteiger partial charge in [-0.2, -0.15) is 0 Å². The molecule has 0 aromatic rings. The van der Waals surface area contributed by atoms with Crippen molar-refractivity contribution in [3.05, 3.63) is 0 Å². The summed E-state index contributed by atoms with van der Waals surface area (Å²) >= 11 is 0. The molecule has 1 aliphatic carbocycles. The molecule has 1 N–H and O–H groups in total. The summed E-state index contributed by atoms with van der Waals surface area (Å²) in [7, 11) is 0. The minimum Gasteiger partial charge on any atom is -0.341 e. The molecule has 0 aromatic heterocycles.